The van der Waals surface area contributed by atoms with Gasteiger partial charge in [0, 0.05) is 23.2 Å². The quantitative estimate of drug-likeness (QED) is 0.901. The largest absolute Gasteiger partial charge is 0.397 e. The number of carbonyl (C=O) groups excluding carboxylic acids is 1. The topological polar surface area (TPSA) is 66.6 Å². The Balaban J connectivity index is 2.48. The molecule has 19 heavy (non-hydrogen) atoms. The number of fused-ring (bicyclic) bond motifs is 1. The Morgan fingerprint density at radius 3 is 2.79 bits per heavy atom. The number of benzene rings is 1. The molecule has 102 valence electrons. The number of likely N-dealkylation sites (N-methyl/N-ethyl adjacent to an activating group) is 1. The van der Waals surface area contributed by atoms with Crippen molar-refractivity contribution in [3.63, 3.8) is 0 Å². The van der Waals surface area contributed by atoms with Crippen LogP contribution in [0.25, 0.3) is 10.1 Å². The highest BCUT2D eigenvalue weighted by atomic mass is 32.1. The zero-order chi connectivity index (χ0) is 14.0. The van der Waals surface area contributed by atoms with Crippen LogP contribution in [0.2, 0.25) is 0 Å². The molecule has 1 heterocycles. The Morgan fingerprint density at radius 1 is 1.47 bits per heavy atom. The highest BCUT2D eigenvalue weighted by Gasteiger charge is 2.21. The van der Waals surface area contributed by atoms with Gasteiger partial charge in [0.25, 0.3) is 5.91 Å². The summed E-state index contributed by atoms with van der Waals surface area (Å²) in [5, 5.41) is 9.93. The predicted molar refractivity (Wildman–Crippen MR) is 79.6 cm³/mol. The van der Waals surface area contributed by atoms with Gasteiger partial charge < -0.3 is 15.7 Å². The van der Waals surface area contributed by atoms with Crippen LogP contribution in [0.1, 0.15) is 22.2 Å². The standard InChI is InChI=1S/C14H18N2O2S/c1-3-16(7-8-17)14(18)13-11(15)10-6-4-5-9(2)12(10)19-13/h4-6,17H,3,7-8,15H2,1-2H3. The molecule has 0 aliphatic carbocycles. The Kier molecular flexibility index (Phi) is 4.07. The smallest absolute Gasteiger partial charge is 0.266 e. The maximum Gasteiger partial charge on any atom is 0.266 e. The predicted octanol–water partition coefficient (Wildman–Crippen LogP) is 2.25. The zero-order valence-electron chi connectivity index (χ0n) is 11.1. The molecule has 0 radical (unpaired) electrons. The van der Waals surface area contributed by atoms with E-state index in [2.05, 4.69) is 0 Å². The molecule has 0 aliphatic heterocycles. The lowest BCUT2D eigenvalue weighted by Gasteiger charge is -2.18. The summed E-state index contributed by atoms with van der Waals surface area (Å²) in [7, 11) is 0. The first-order valence-electron chi connectivity index (χ1n) is 6.27. The van der Waals surface area contributed by atoms with Crippen molar-refractivity contribution in [3.05, 3.63) is 28.6 Å². The molecule has 1 aromatic carbocycles. The number of aliphatic hydroxyl groups excluding tert-OH is 1. The summed E-state index contributed by atoms with van der Waals surface area (Å²) in [6.07, 6.45) is 0. The van der Waals surface area contributed by atoms with Gasteiger partial charge in [-0.2, -0.15) is 0 Å². The number of nitrogens with two attached hydrogens (primary N) is 1. The number of rotatable bonds is 4. The molecule has 0 aliphatic rings. The Hall–Kier alpha value is -1.59. The molecule has 5 heteroatoms. The second kappa shape index (κ2) is 5.59. The van der Waals surface area contributed by atoms with Crippen LogP contribution in [-0.4, -0.2) is 35.6 Å². The molecule has 4 nitrogen and oxygen atoms in total. The van der Waals surface area contributed by atoms with E-state index in [1.165, 1.54) is 11.3 Å². The maximum absolute atomic E-state index is 12.4. The first-order chi connectivity index (χ1) is 9.10. The van der Waals surface area contributed by atoms with Gasteiger partial charge in [-0.15, -0.1) is 11.3 Å². The molecule has 0 unspecified atom stereocenters. The molecule has 0 bridgehead atoms. The fourth-order valence-corrected chi connectivity index (χ4v) is 3.26. The van der Waals surface area contributed by atoms with Crippen LogP contribution in [0.3, 0.4) is 0 Å². The molecule has 0 spiro atoms. The first kappa shape index (κ1) is 13.8. The van der Waals surface area contributed by atoms with Crippen LogP contribution < -0.4 is 5.73 Å². The molecule has 2 aromatic rings. The number of anilines is 1. The summed E-state index contributed by atoms with van der Waals surface area (Å²) in [6.45, 7) is 4.76. The molecule has 2 rings (SSSR count). The van der Waals surface area contributed by atoms with Gasteiger partial charge in [-0.25, -0.2) is 0 Å². The number of hydrogen-bond acceptors (Lipinski definition) is 4. The minimum Gasteiger partial charge on any atom is -0.397 e. The summed E-state index contributed by atoms with van der Waals surface area (Å²) >= 11 is 1.43. The van der Waals surface area contributed by atoms with Gasteiger partial charge in [0.05, 0.1) is 12.3 Å². The molecule has 1 aromatic heterocycles. The van der Waals surface area contributed by atoms with E-state index in [0.29, 0.717) is 23.7 Å². The second-order valence-corrected chi connectivity index (χ2v) is 5.43. The van der Waals surface area contributed by atoms with E-state index in [-0.39, 0.29) is 12.5 Å². The molecule has 0 saturated carbocycles. The van der Waals surface area contributed by atoms with E-state index in [1.54, 1.807) is 4.90 Å². The second-order valence-electron chi connectivity index (χ2n) is 4.40. The number of amides is 1. The van der Waals surface area contributed by atoms with Crippen molar-refractivity contribution in [2.24, 2.45) is 0 Å². The van der Waals surface area contributed by atoms with Crippen LogP contribution in [0, 0.1) is 6.92 Å². The molecule has 1 amide bonds. The third kappa shape index (κ3) is 2.43. The Labute approximate surface area is 116 Å². The van der Waals surface area contributed by atoms with Crippen molar-refractivity contribution < 1.29 is 9.90 Å². The number of nitrogens with zero attached hydrogens (tertiary/aromatic N) is 1. The minimum atomic E-state index is -0.102. The van der Waals surface area contributed by atoms with Crippen LogP contribution in [0.15, 0.2) is 18.2 Å². The first-order valence-corrected chi connectivity index (χ1v) is 7.09. The number of thiophene rings is 1. The summed E-state index contributed by atoms with van der Waals surface area (Å²) < 4.78 is 1.06. The van der Waals surface area contributed by atoms with Gasteiger partial charge in [-0.1, -0.05) is 18.2 Å². The lowest BCUT2D eigenvalue weighted by atomic mass is 10.1. The van der Waals surface area contributed by atoms with Gasteiger partial charge in [-0.05, 0) is 19.4 Å². The molecule has 0 atom stereocenters. The SMILES string of the molecule is CCN(CCO)C(=O)c1sc2c(C)cccc2c1N. The van der Waals surface area contributed by atoms with Crippen LogP contribution >= 0.6 is 11.3 Å². The van der Waals surface area contributed by atoms with Gasteiger partial charge in [0.1, 0.15) is 4.88 Å². The molecule has 0 saturated heterocycles. The Morgan fingerprint density at radius 2 is 2.21 bits per heavy atom. The summed E-state index contributed by atoms with van der Waals surface area (Å²) in [5.41, 5.74) is 7.77. The highest BCUT2D eigenvalue weighted by molar-refractivity contribution is 7.21. The number of aryl methyl sites for hydroxylation is 1. The van der Waals surface area contributed by atoms with Crippen molar-refractivity contribution in [2.45, 2.75) is 13.8 Å². The van der Waals surface area contributed by atoms with Crippen molar-refractivity contribution >= 4 is 33.0 Å². The fraction of sp³-hybridized carbons (Fsp3) is 0.357. The normalized spacial score (nSPS) is 10.9. The lowest BCUT2D eigenvalue weighted by Crippen LogP contribution is -2.33. The molecule has 3 N–H and O–H groups in total. The van der Waals surface area contributed by atoms with E-state index in [4.69, 9.17) is 10.8 Å². The average Bonchev–Trinajstić information content (AvgIpc) is 2.74. The van der Waals surface area contributed by atoms with Gasteiger partial charge in [0.2, 0.25) is 0 Å². The van der Waals surface area contributed by atoms with Crippen molar-refractivity contribution in [1.29, 1.82) is 0 Å². The van der Waals surface area contributed by atoms with Crippen LogP contribution in [-0.2, 0) is 0 Å². The van der Waals surface area contributed by atoms with E-state index in [9.17, 15) is 4.79 Å². The van der Waals surface area contributed by atoms with E-state index in [1.807, 2.05) is 32.0 Å². The summed E-state index contributed by atoms with van der Waals surface area (Å²) in [5.74, 6) is -0.102. The maximum atomic E-state index is 12.4. The fourth-order valence-electron chi connectivity index (χ4n) is 2.11. The Bertz CT molecular complexity index is 607. The molecular weight excluding hydrogens is 260 g/mol. The molecular formula is C14H18N2O2S. The number of hydrogen-bond donors (Lipinski definition) is 2. The van der Waals surface area contributed by atoms with Gasteiger partial charge >= 0.3 is 0 Å². The third-order valence-electron chi connectivity index (χ3n) is 3.18. The van der Waals surface area contributed by atoms with Crippen molar-refractivity contribution in [2.75, 3.05) is 25.4 Å². The van der Waals surface area contributed by atoms with Crippen LogP contribution in [0.5, 0.6) is 0 Å². The van der Waals surface area contributed by atoms with E-state index in [0.717, 1.165) is 15.6 Å². The lowest BCUT2D eigenvalue weighted by molar-refractivity contribution is 0.0738. The number of carbonyl (C=O) groups is 1. The average molecular weight is 278 g/mol. The van der Waals surface area contributed by atoms with Crippen molar-refractivity contribution in [1.82, 2.24) is 4.90 Å². The van der Waals surface area contributed by atoms with E-state index >= 15 is 0 Å². The van der Waals surface area contributed by atoms with E-state index < -0.39 is 0 Å². The highest BCUT2D eigenvalue weighted by Crippen LogP contribution is 2.36. The summed E-state index contributed by atoms with van der Waals surface area (Å²) in [4.78, 5) is 14.6. The van der Waals surface area contributed by atoms with Crippen LogP contribution in [0.4, 0.5) is 5.69 Å². The molecule has 0 fully saturated rings. The van der Waals surface area contributed by atoms with Crippen molar-refractivity contribution in [3.8, 4) is 0 Å². The van der Waals surface area contributed by atoms with Gasteiger partial charge in [-0.3, -0.25) is 4.79 Å². The van der Waals surface area contributed by atoms with Gasteiger partial charge in [0.15, 0.2) is 0 Å². The summed E-state index contributed by atoms with van der Waals surface area (Å²) in [6, 6.07) is 5.89. The zero-order valence-corrected chi connectivity index (χ0v) is 12.0. The number of aliphatic hydroxyl groups is 1. The monoisotopic (exact) mass is 278 g/mol. The number of nitrogen functional groups attached to an aromatic ring is 1. The third-order valence-corrected chi connectivity index (χ3v) is 4.53. The minimum absolute atomic E-state index is 0.0383.